The molecule has 4 aromatic rings. The Morgan fingerprint density at radius 2 is 1.65 bits per heavy atom. The zero-order valence-corrected chi connectivity index (χ0v) is 17.4. The van der Waals surface area contributed by atoms with Crippen LogP contribution in [0.3, 0.4) is 0 Å². The predicted molar refractivity (Wildman–Crippen MR) is 120 cm³/mol. The van der Waals surface area contributed by atoms with Crippen molar-refractivity contribution in [3.63, 3.8) is 0 Å². The van der Waals surface area contributed by atoms with Gasteiger partial charge in [-0.05, 0) is 60.4 Å². The number of hydrogen-bond acceptors (Lipinski definition) is 4. The van der Waals surface area contributed by atoms with E-state index in [0.29, 0.717) is 12.6 Å². The van der Waals surface area contributed by atoms with Crippen molar-refractivity contribution in [2.24, 2.45) is 0 Å². The minimum Gasteiger partial charge on any atom is -0.485 e. The van der Waals surface area contributed by atoms with Gasteiger partial charge in [-0.2, -0.15) is 0 Å². The Kier molecular flexibility index (Phi) is 4.59. The van der Waals surface area contributed by atoms with Crippen LogP contribution in [-0.4, -0.2) is 21.1 Å². The molecule has 0 saturated heterocycles. The maximum absolute atomic E-state index is 6.38. The van der Waals surface area contributed by atoms with Crippen molar-refractivity contribution in [1.29, 1.82) is 0 Å². The van der Waals surface area contributed by atoms with Crippen molar-refractivity contribution in [1.82, 2.24) is 14.5 Å². The molecule has 0 spiro atoms. The molecule has 156 valence electrons. The summed E-state index contributed by atoms with van der Waals surface area (Å²) < 4.78 is 14.9. The Balaban J connectivity index is 1.47. The van der Waals surface area contributed by atoms with Crippen molar-refractivity contribution < 1.29 is 9.47 Å². The van der Waals surface area contributed by atoms with Gasteiger partial charge in [-0.25, -0.2) is 4.98 Å². The Hall–Kier alpha value is -3.34. The first-order valence-corrected chi connectivity index (χ1v) is 11.2. The number of aromatic nitrogens is 3. The molecular formula is C26H25N3O2. The van der Waals surface area contributed by atoms with Crippen molar-refractivity contribution >= 4 is 11.0 Å². The smallest absolute Gasteiger partial charge is 0.190 e. The van der Waals surface area contributed by atoms with E-state index < -0.39 is 0 Å². The molecule has 1 unspecified atom stereocenters. The van der Waals surface area contributed by atoms with Crippen LogP contribution in [0.5, 0.6) is 11.5 Å². The summed E-state index contributed by atoms with van der Waals surface area (Å²) in [6.07, 6.45) is 9.68. The molecule has 0 amide bonds. The van der Waals surface area contributed by atoms with Crippen LogP contribution in [0.25, 0.3) is 22.2 Å². The summed E-state index contributed by atoms with van der Waals surface area (Å²) >= 11 is 0. The summed E-state index contributed by atoms with van der Waals surface area (Å²) in [5.74, 6) is 2.57. The Morgan fingerprint density at radius 3 is 2.48 bits per heavy atom. The van der Waals surface area contributed by atoms with Gasteiger partial charge < -0.3 is 14.0 Å². The van der Waals surface area contributed by atoms with Crippen molar-refractivity contribution in [3.8, 4) is 22.6 Å². The standard InChI is InChI=1S/C26H25N3O2/c1-2-6-20(7-3-1)29-22-16-19(18-12-14-27-15-13-18)10-11-21(22)28-26(29)25-17-30-23-8-4-5-9-24(23)31-25/h4-5,8-16,20,25H,1-3,6-7,17H2. The number of nitrogens with zero attached hydrogens (tertiary/aromatic N) is 3. The third-order valence-electron chi connectivity index (χ3n) is 6.47. The van der Waals surface area contributed by atoms with Crippen molar-refractivity contribution in [2.45, 2.75) is 44.2 Å². The molecule has 1 fully saturated rings. The number of para-hydroxylation sites is 2. The summed E-state index contributed by atoms with van der Waals surface area (Å²) in [5.41, 5.74) is 4.55. The quantitative estimate of drug-likeness (QED) is 0.408. The van der Waals surface area contributed by atoms with Gasteiger partial charge in [0.25, 0.3) is 0 Å². The van der Waals surface area contributed by atoms with E-state index >= 15 is 0 Å². The second kappa shape index (κ2) is 7.73. The first-order chi connectivity index (χ1) is 15.4. The maximum Gasteiger partial charge on any atom is 0.190 e. The lowest BCUT2D eigenvalue weighted by Crippen LogP contribution is -2.26. The van der Waals surface area contributed by atoms with Crippen LogP contribution in [0.2, 0.25) is 0 Å². The maximum atomic E-state index is 6.38. The van der Waals surface area contributed by atoms with E-state index in [0.717, 1.165) is 22.8 Å². The van der Waals surface area contributed by atoms with Crippen LogP contribution in [0, 0.1) is 0 Å². The molecule has 2 aromatic carbocycles. The van der Waals surface area contributed by atoms with Crippen LogP contribution in [0.15, 0.2) is 67.0 Å². The average Bonchev–Trinajstić information content (AvgIpc) is 3.23. The number of imidazole rings is 1. The lowest BCUT2D eigenvalue weighted by molar-refractivity contribution is 0.0807. The minimum absolute atomic E-state index is 0.214. The van der Waals surface area contributed by atoms with Crippen molar-refractivity contribution in [3.05, 3.63) is 72.8 Å². The van der Waals surface area contributed by atoms with Gasteiger partial charge in [0.05, 0.1) is 11.0 Å². The topological polar surface area (TPSA) is 49.2 Å². The summed E-state index contributed by atoms with van der Waals surface area (Å²) in [5, 5.41) is 0. The highest BCUT2D eigenvalue weighted by Gasteiger charge is 2.30. The summed E-state index contributed by atoms with van der Waals surface area (Å²) in [6.45, 7) is 0.476. The molecule has 31 heavy (non-hydrogen) atoms. The van der Waals surface area contributed by atoms with Crippen molar-refractivity contribution in [2.75, 3.05) is 6.61 Å². The van der Waals surface area contributed by atoms with Gasteiger partial charge in [0.15, 0.2) is 23.4 Å². The van der Waals surface area contributed by atoms with Crippen LogP contribution in [0.4, 0.5) is 0 Å². The predicted octanol–water partition coefficient (Wildman–Crippen LogP) is 6.12. The average molecular weight is 412 g/mol. The largest absolute Gasteiger partial charge is 0.485 e. The molecule has 3 heterocycles. The second-order valence-corrected chi connectivity index (χ2v) is 8.44. The normalized spacial score (nSPS) is 18.9. The highest BCUT2D eigenvalue weighted by Crippen LogP contribution is 2.40. The number of fused-ring (bicyclic) bond motifs is 2. The number of ether oxygens (including phenoxy) is 2. The van der Waals surface area contributed by atoms with E-state index in [1.807, 2.05) is 36.7 Å². The third-order valence-corrected chi connectivity index (χ3v) is 6.47. The van der Waals surface area contributed by atoms with Crippen LogP contribution in [0.1, 0.15) is 50.1 Å². The zero-order valence-electron chi connectivity index (χ0n) is 17.4. The van der Waals surface area contributed by atoms with E-state index in [1.165, 1.54) is 48.7 Å². The SMILES string of the molecule is c1ccc2c(c1)OCC(c1nc3ccc(-c4ccncc4)cc3n1C1CCCCC1)O2. The number of pyridine rings is 1. The number of rotatable bonds is 3. The van der Waals surface area contributed by atoms with E-state index in [4.69, 9.17) is 14.5 Å². The molecule has 1 atom stereocenters. The molecule has 1 aliphatic heterocycles. The van der Waals surface area contributed by atoms with Crippen LogP contribution in [-0.2, 0) is 0 Å². The van der Waals surface area contributed by atoms with E-state index in [1.54, 1.807) is 0 Å². The summed E-state index contributed by atoms with van der Waals surface area (Å²) in [6, 6.07) is 19.0. The van der Waals surface area contributed by atoms with Gasteiger partial charge in [-0.3, -0.25) is 4.98 Å². The van der Waals surface area contributed by atoms with Gasteiger partial charge in [-0.15, -0.1) is 0 Å². The molecule has 0 radical (unpaired) electrons. The fraction of sp³-hybridized carbons (Fsp3) is 0.308. The number of hydrogen-bond donors (Lipinski definition) is 0. The molecule has 1 saturated carbocycles. The molecule has 0 N–H and O–H groups in total. The van der Waals surface area contributed by atoms with Gasteiger partial charge >= 0.3 is 0 Å². The Bertz CT molecular complexity index is 1210. The molecule has 6 rings (SSSR count). The minimum atomic E-state index is -0.214. The lowest BCUT2D eigenvalue weighted by Gasteiger charge is -2.30. The molecule has 5 heteroatoms. The highest BCUT2D eigenvalue weighted by molar-refractivity contribution is 5.83. The lowest BCUT2D eigenvalue weighted by atomic mass is 9.94. The van der Waals surface area contributed by atoms with E-state index in [2.05, 4.69) is 39.9 Å². The van der Waals surface area contributed by atoms with Gasteiger partial charge in [0.1, 0.15) is 6.61 Å². The molecule has 2 aliphatic rings. The molecule has 5 nitrogen and oxygen atoms in total. The van der Waals surface area contributed by atoms with E-state index in [9.17, 15) is 0 Å². The second-order valence-electron chi connectivity index (χ2n) is 8.44. The first kappa shape index (κ1) is 18.4. The molecular weight excluding hydrogens is 386 g/mol. The Morgan fingerprint density at radius 1 is 0.839 bits per heavy atom. The van der Waals surface area contributed by atoms with Crippen LogP contribution < -0.4 is 9.47 Å². The zero-order chi connectivity index (χ0) is 20.6. The van der Waals surface area contributed by atoms with Gasteiger partial charge in [0.2, 0.25) is 0 Å². The third kappa shape index (κ3) is 3.34. The van der Waals surface area contributed by atoms with E-state index in [-0.39, 0.29) is 6.10 Å². The summed E-state index contributed by atoms with van der Waals surface area (Å²) in [7, 11) is 0. The van der Waals surface area contributed by atoms with Gasteiger partial charge in [-0.1, -0.05) is 37.5 Å². The Labute approximate surface area is 181 Å². The molecule has 2 aromatic heterocycles. The summed E-state index contributed by atoms with van der Waals surface area (Å²) in [4.78, 5) is 9.22. The first-order valence-electron chi connectivity index (χ1n) is 11.2. The number of benzene rings is 2. The highest BCUT2D eigenvalue weighted by atomic mass is 16.6. The van der Waals surface area contributed by atoms with Crippen LogP contribution >= 0.6 is 0 Å². The van der Waals surface area contributed by atoms with Gasteiger partial charge in [0, 0.05) is 18.4 Å². The fourth-order valence-corrected chi connectivity index (χ4v) is 4.93. The monoisotopic (exact) mass is 411 g/mol. The molecule has 0 bridgehead atoms. The molecule has 1 aliphatic carbocycles. The fourth-order valence-electron chi connectivity index (χ4n) is 4.93.